The van der Waals surface area contributed by atoms with Gasteiger partial charge in [-0.15, -0.1) is 0 Å². The summed E-state index contributed by atoms with van der Waals surface area (Å²) < 4.78 is 45.3. The van der Waals surface area contributed by atoms with E-state index < -0.39 is 11.7 Å². The van der Waals surface area contributed by atoms with Crippen molar-refractivity contribution in [3.8, 4) is 0 Å². The molecule has 4 aliphatic carbocycles. The van der Waals surface area contributed by atoms with Crippen LogP contribution in [-0.2, 0) is 15.7 Å². The number of nitrogens with one attached hydrogen (secondary N) is 1. The monoisotopic (exact) mass is 422 g/mol. The Bertz CT molecular complexity index is 782. The van der Waals surface area contributed by atoms with Crippen LogP contribution in [0.5, 0.6) is 0 Å². The van der Waals surface area contributed by atoms with Crippen LogP contribution in [0.4, 0.5) is 24.5 Å². The Morgan fingerprint density at radius 3 is 2.23 bits per heavy atom. The van der Waals surface area contributed by atoms with E-state index in [1.807, 2.05) is 4.90 Å². The van der Waals surface area contributed by atoms with Gasteiger partial charge in [-0.05, 0) is 79.9 Å². The second kappa shape index (κ2) is 7.43. The summed E-state index contributed by atoms with van der Waals surface area (Å²) in [6.45, 7) is 2.26. The minimum Gasteiger partial charge on any atom is -0.378 e. The van der Waals surface area contributed by atoms with E-state index in [4.69, 9.17) is 4.74 Å². The summed E-state index contributed by atoms with van der Waals surface area (Å²) in [6.07, 6.45) is 3.20. The number of hydrogen-bond donors (Lipinski definition) is 1. The van der Waals surface area contributed by atoms with Gasteiger partial charge in [0, 0.05) is 19.5 Å². The predicted octanol–water partition coefficient (Wildman–Crippen LogP) is 5.09. The van der Waals surface area contributed by atoms with Crippen molar-refractivity contribution >= 4 is 17.3 Å². The Morgan fingerprint density at radius 1 is 1.07 bits per heavy atom. The van der Waals surface area contributed by atoms with Crippen LogP contribution in [0.25, 0.3) is 0 Å². The molecule has 0 aromatic heterocycles. The zero-order chi connectivity index (χ0) is 20.9. The van der Waals surface area contributed by atoms with Gasteiger partial charge >= 0.3 is 6.18 Å². The van der Waals surface area contributed by atoms with E-state index in [0.29, 0.717) is 38.4 Å². The van der Waals surface area contributed by atoms with Gasteiger partial charge in [-0.2, -0.15) is 13.2 Å². The van der Waals surface area contributed by atoms with E-state index in [2.05, 4.69) is 5.32 Å². The van der Waals surface area contributed by atoms with Gasteiger partial charge < -0.3 is 15.0 Å². The fraction of sp³-hybridized carbons (Fsp3) is 0.696. The number of anilines is 2. The molecular weight excluding hydrogens is 393 g/mol. The molecule has 0 radical (unpaired) electrons. The van der Waals surface area contributed by atoms with Crippen molar-refractivity contribution < 1.29 is 22.7 Å². The van der Waals surface area contributed by atoms with Crippen LogP contribution in [-0.4, -0.2) is 32.2 Å². The van der Waals surface area contributed by atoms with Crippen molar-refractivity contribution in [1.29, 1.82) is 0 Å². The first kappa shape index (κ1) is 20.2. The van der Waals surface area contributed by atoms with Crippen LogP contribution in [0.1, 0.15) is 50.5 Å². The SMILES string of the molecule is O=C(CC12CC3CC(CC(C3)C1)C2)Nc1cc(C(F)(F)F)ccc1N1CCOCC1. The molecule has 1 amide bonds. The molecule has 1 aromatic carbocycles. The van der Waals surface area contributed by atoms with Gasteiger partial charge in [-0.3, -0.25) is 4.79 Å². The highest BCUT2D eigenvalue weighted by Gasteiger charge is 2.51. The summed E-state index contributed by atoms with van der Waals surface area (Å²) in [7, 11) is 0. The maximum absolute atomic E-state index is 13.3. The molecular formula is C23H29F3N2O2. The van der Waals surface area contributed by atoms with Crippen molar-refractivity contribution in [3.63, 3.8) is 0 Å². The van der Waals surface area contributed by atoms with Gasteiger partial charge in [0.2, 0.25) is 5.91 Å². The zero-order valence-corrected chi connectivity index (χ0v) is 17.1. The molecule has 1 aliphatic heterocycles. The van der Waals surface area contributed by atoms with E-state index in [0.717, 1.165) is 49.1 Å². The molecule has 6 rings (SSSR count). The number of amides is 1. The average Bonchev–Trinajstić information content (AvgIpc) is 2.66. The van der Waals surface area contributed by atoms with Crippen LogP contribution >= 0.6 is 0 Å². The largest absolute Gasteiger partial charge is 0.416 e. The van der Waals surface area contributed by atoms with E-state index in [9.17, 15) is 18.0 Å². The number of alkyl halides is 3. The van der Waals surface area contributed by atoms with Gasteiger partial charge in [-0.25, -0.2) is 0 Å². The highest BCUT2D eigenvalue weighted by atomic mass is 19.4. The normalized spacial score (nSPS) is 33.0. The topological polar surface area (TPSA) is 41.6 Å². The Morgan fingerprint density at radius 2 is 1.67 bits per heavy atom. The van der Waals surface area contributed by atoms with Crippen LogP contribution in [0, 0.1) is 23.2 Å². The second-order valence-electron chi connectivity index (χ2n) is 9.97. The van der Waals surface area contributed by atoms with Gasteiger partial charge in [-0.1, -0.05) is 0 Å². The van der Waals surface area contributed by atoms with E-state index >= 15 is 0 Å². The number of hydrogen-bond acceptors (Lipinski definition) is 3. The number of benzene rings is 1. The lowest BCUT2D eigenvalue weighted by Gasteiger charge is -2.56. The van der Waals surface area contributed by atoms with Gasteiger partial charge in [0.05, 0.1) is 30.2 Å². The highest BCUT2D eigenvalue weighted by molar-refractivity contribution is 5.95. The first-order valence-corrected chi connectivity index (χ1v) is 11.1. The standard InChI is InChI=1S/C23H29F3N2O2/c24-23(25,26)18-1-2-20(28-3-5-30-6-4-28)19(10-18)27-21(29)14-22-11-15-7-16(12-22)9-17(8-15)13-22/h1-2,10,15-17H,3-9,11-14H2,(H,27,29). The molecule has 4 saturated carbocycles. The van der Waals surface area contributed by atoms with Crippen LogP contribution in [0.3, 0.4) is 0 Å². The number of carbonyl (C=O) groups excluding carboxylic acids is 1. The molecule has 164 valence electrons. The quantitative estimate of drug-likeness (QED) is 0.735. The number of carbonyl (C=O) groups is 1. The lowest BCUT2D eigenvalue weighted by molar-refractivity contribution is -0.137. The maximum Gasteiger partial charge on any atom is 0.416 e. The summed E-state index contributed by atoms with van der Waals surface area (Å²) in [5, 5.41) is 2.87. The van der Waals surface area contributed by atoms with Crippen LogP contribution in [0.2, 0.25) is 0 Å². The average molecular weight is 422 g/mol. The molecule has 5 fully saturated rings. The number of halogens is 3. The van der Waals surface area contributed by atoms with Gasteiger partial charge in [0.1, 0.15) is 0 Å². The molecule has 4 nitrogen and oxygen atoms in total. The maximum atomic E-state index is 13.3. The summed E-state index contributed by atoms with van der Waals surface area (Å²) in [5.41, 5.74) is 0.232. The fourth-order valence-electron chi connectivity index (χ4n) is 6.93. The minimum atomic E-state index is -4.44. The van der Waals surface area contributed by atoms with Gasteiger partial charge in [0.15, 0.2) is 0 Å². The third-order valence-electron chi connectivity index (χ3n) is 7.65. The molecule has 1 aromatic rings. The molecule has 7 heteroatoms. The van der Waals surface area contributed by atoms with Crippen LogP contribution in [0.15, 0.2) is 18.2 Å². The number of morpholine rings is 1. The van der Waals surface area contributed by atoms with Crippen LogP contribution < -0.4 is 10.2 Å². The molecule has 0 unspecified atom stereocenters. The zero-order valence-electron chi connectivity index (χ0n) is 17.1. The van der Waals surface area contributed by atoms with Crippen molar-refractivity contribution in [2.75, 3.05) is 36.5 Å². The summed E-state index contributed by atoms with van der Waals surface area (Å²) in [4.78, 5) is 15.0. The molecule has 0 spiro atoms. The van der Waals surface area contributed by atoms with Gasteiger partial charge in [0.25, 0.3) is 0 Å². The molecule has 1 heterocycles. The van der Waals surface area contributed by atoms with E-state index in [1.54, 1.807) is 0 Å². The second-order valence-corrected chi connectivity index (χ2v) is 9.97. The Balaban J connectivity index is 1.36. The summed E-state index contributed by atoms with van der Waals surface area (Å²) in [5.74, 6) is 2.07. The first-order chi connectivity index (χ1) is 14.3. The molecule has 1 saturated heterocycles. The third-order valence-corrected chi connectivity index (χ3v) is 7.65. The van der Waals surface area contributed by atoms with Crippen molar-refractivity contribution in [2.24, 2.45) is 23.2 Å². The lowest BCUT2D eigenvalue weighted by atomic mass is 9.49. The highest BCUT2D eigenvalue weighted by Crippen LogP contribution is 2.61. The van der Waals surface area contributed by atoms with E-state index in [1.165, 1.54) is 25.3 Å². The first-order valence-electron chi connectivity index (χ1n) is 11.1. The number of rotatable bonds is 4. The van der Waals surface area contributed by atoms with Crippen molar-refractivity contribution in [2.45, 2.75) is 51.1 Å². The van der Waals surface area contributed by atoms with Crippen molar-refractivity contribution in [3.05, 3.63) is 23.8 Å². The molecule has 0 atom stereocenters. The fourth-order valence-corrected chi connectivity index (χ4v) is 6.93. The lowest BCUT2D eigenvalue weighted by Crippen LogP contribution is -2.47. The Labute approximate surface area is 175 Å². The summed E-state index contributed by atoms with van der Waals surface area (Å²) >= 11 is 0. The summed E-state index contributed by atoms with van der Waals surface area (Å²) in [6, 6.07) is 3.66. The smallest absolute Gasteiger partial charge is 0.378 e. The minimum absolute atomic E-state index is 0.0552. The van der Waals surface area contributed by atoms with E-state index in [-0.39, 0.29) is 17.0 Å². The Kier molecular flexibility index (Phi) is 4.99. The number of ether oxygens (including phenoxy) is 1. The number of nitrogens with zero attached hydrogens (tertiary/aromatic N) is 1. The molecule has 30 heavy (non-hydrogen) atoms. The van der Waals surface area contributed by atoms with Crippen molar-refractivity contribution in [1.82, 2.24) is 0 Å². The molecule has 1 N–H and O–H groups in total. The molecule has 4 bridgehead atoms. The molecule has 5 aliphatic rings. The third kappa shape index (κ3) is 3.93. The Hall–Kier alpha value is -1.76. The predicted molar refractivity (Wildman–Crippen MR) is 108 cm³/mol.